The first-order valence-electron chi connectivity index (χ1n) is 10.7. The molecule has 1 aliphatic heterocycles. The molecule has 2 N–H and O–H groups in total. The number of carbonyl (C=O) groups is 1. The summed E-state index contributed by atoms with van der Waals surface area (Å²) in [5.41, 5.74) is 4.59. The van der Waals surface area contributed by atoms with Gasteiger partial charge in [0.2, 0.25) is 9.84 Å². The maximum atomic E-state index is 14.6. The van der Waals surface area contributed by atoms with Gasteiger partial charge < -0.3 is 14.7 Å². The van der Waals surface area contributed by atoms with Gasteiger partial charge in [0.25, 0.3) is 5.91 Å². The lowest BCUT2D eigenvalue weighted by Crippen LogP contribution is -2.31. The summed E-state index contributed by atoms with van der Waals surface area (Å²) >= 11 is 0. The standard InChI is InChI=1S/C24H21FN4O4S/c25-20-13-19(6-7-21(20)29-11-1-9-28-29)34(31,32)18-4-2-16(3-5-18)14-27-24(30)22-12-17-8-10-26-15-23(17)33-22/h2-8,10,12-13,15,28H,1,9,11,14H2,(H,27,30). The molecule has 0 bridgehead atoms. The molecule has 2 aromatic heterocycles. The molecule has 0 atom stereocenters. The monoisotopic (exact) mass is 480 g/mol. The molecule has 3 heterocycles. The van der Waals surface area contributed by atoms with Crippen LogP contribution in [-0.2, 0) is 16.4 Å². The van der Waals surface area contributed by atoms with Crippen LogP contribution in [0.5, 0.6) is 0 Å². The third-order valence-electron chi connectivity index (χ3n) is 5.61. The van der Waals surface area contributed by atoms with Crippen molar-refractivity contribution in [3.05, 3.63) is 84.1 Å². The van der Waals surface area contributed by atoms with Gasteiger partial charge in [0.1, 0.15) is 5.82 Å². The first kappa shape index (κ1) is 22.1. The van der Waals surface area contributed by atoms with E-state index in [4.69, 9.17) is 4.42 Å². The van der Waals surface area contributed by atoms with Crippen LogP contribution in [0.25, 0.3) is 11.0 Å². The molecule has 5 rings (SSSR count). The van der Waals surface area contributed by atoms with Crippen molar-refractivity contribution in [3.63, 3.8) is 0 Å². The number of rotatable bonds is 6. The Morgan fingerprint density at radius 2 is 1.91 bits per heavy atom. The van der Waals surface area contributed by atoms with Gasteiger partial charge in [0.15, 0.2) is 11.3 Å². The van der Waals surface area contributed by atoms with Gasteiger partial charge in [-0.3, -0.25) is 9.78 Å². The number of aromatic nitrogens is 1. The third kappa shape index (κ3) is 4.25. The van der Waals surface area contributed by atoms with Crippen molar-refractivity contribution in [3.8, 4) is 0 Å². The van der Waals surface area contributed by atoms with Crippen LogP contribution in [0.2, 0.25) is 0 Å². The number of sulfone groups is 1. The summed E-state index contributed by atoms with van der Waals surface area (Å²) in [7, 11) is -3.89. The Morgan fingerprint density at radius 1 is 1.12 bits per heavy atom. The Kier molecular flexibility index (Phi) is 5.76. The van der Waals surface area contributed by atoms with E-state index in [9.17, 15) is 17.6 Å². The molecule has 8 nitrogen and oxygen atoms in total. The molecule has 1 amide bonds. The van der Waals surface area contributed by atoms with Gasteiger partial charge in [-0.05, 0) is 54.4 Å². The first-order valence-corrected chi connectivity index (χ1v) is 12.2. The lowest BCUT2D eigenvalue weighted by molar-refractivity contribution is 0.0925. The highest BCUT2D eigenvalue weighted by Gasteiger charge is 2.22. The fraction of sp³-hybridized carbons (Fsp3) is 0.167. The van der Waals surface area contributed by atoms with Gasteiger partial charge in [0, 0.05) is 31.2 Å². The molecule has 2 aromatic carbocycles. The van der Waals surface area contributed by atoms with Crippen molar-refractivity contribution < 1.29 is 22.0 Å². The van der Waals surface area contributed by atoms with Gasteiger partial charge in [-0.25, -0.2) is 18.2 Å². The molecular formula is C24H21FN4O4S. The minimum absolute atomic E-state index is 0.0406. The molecule has 0 aliphatic carbocycles. The Labute approximate surface area is 195 Å². The van der Waals surface area contributed by atoms with Crippen LogP contribution in [0, 0.1) is 5.82 Å². The number of hydrogen-bond donors (Lipinski definition) is 2. The number of nitrogens with one attached hydrogen (secondary N) is 2. The van der Waals surface area contributed by atoms with Crippen LogP contribution in [-0.4, -0.2) is 32.4 Å². The van der Waals surface area contributed by atoms with Crippen LogP contribution < -0.4 is 15.8 Å². The van der Waals surface area contributed by atoms with Crippen molar-refractivity contribution in [1.82, 2.24) is 15.7 Å². The van der Waals surface area contributed by atoms with Crippen molar-refractivity contribution in [2.45, 2.75) is 22.8 Å². The van der Waals surface area contributed by atoms with Crippen LogP contribution in [0.3, 0.4) is 0 Å². The van der Waals surface area contributed by atoms with Crippen molar-refractivity contribution in [2.24, 2.45) is 0 Å². The number of fused-ring (bicyclic) bond motifs is 1. The van der Waals surface area contributed by atoms with E-state index in [-0.39, 0.29) is 22.1 Å². The van der Waals surface area contributed by atoms with Gasteiger partial charge in [-0.15, -0.1) is 0 Å². The van der Waals surface area contributed by atoms with Crippen molar-refractivity contribution >= 4 is 32.4 Å². The molecular weight excluding hydrogens is 459 g/mol. The average Bonchev–Trinajstić information content (AvgIpc) is 3.53. The fourth-order valence-electron chi connectivity index (χ4n) is 3.80. The lowest BCUT2D eigenvalue weighted by Gasteiger charge is -2.19. The second-order valence-corrected chi connectivity index (χ2v) is 9.83. The molecule has 10 heteroatoms. The molecule has 4 aromatic rings. The van der Waals surface area contributed by atoms with E-state index >= 15 is 0 Å². The Balaban J connectivity index is 1.27. The fourth-order valence-corrected chi connectivity index (χ4v) is 5.07. The molecule has 174 valence electrons. The summed E-state index contributed by atoms with van der Waals surface area (Å²) in [6.07, 6.45) is 4.04. The molecule has 0 saturated carbocycles. The topological polar surface area (TPSA) is 105 Å². The quantitative estimate of drug-likeness (QED) is 0.436. The number of amides is 1. The molecule has 0 radical (unpaired) electrons. The SMILES string of the molecule is O=C(NCc1ccc(S(=O)(=O)c2ccc(N3CCCN3)c(F)c2)cc1)c1cc2ccncc2o1. The van der Waals surface area contributed by atoms with Crippen molar-refractivity contribution in [1.29, 1.82) is 0 Å². The number of furan rings is 1. The highest BCUT2D eigenvalue weighted by Crippen LogP contribution is 2.27. The summed E-state index contributed by atoms with van der Waals surface area (Å²) in [5.74, 6) is -0.830. The number of halogens is 1. The maximum absolute atomic E-state index is 14.6. The van der Waals surface area contributed by atoms with Crippen LogP contribution in [0.1, 0.15) is 22.5 Å². The highest BCUT2D eigenvalue weighted by atomic mass is 32.2. The number of nitrogens with zero attached hydrogens (tertiary/aromatic N) is 2. The Hall–Kier alpha value is -3.76. The zero-order valence-electron chi connectivity index (χ0n) is 18.0. The smallest absolute Gasteiger partial charge is 0.287 e. The minimum atomic E-state index is -3.89. The molecule has 1 aliphatic rings. The second-order valence-electron chi connectivity index (χ2n) is 7.88. The Morgan fingerprint density at radius 3 is 2.62 bits per heavy atom. The van der Waals surface area contributed by atoms with E-state index in [0.29, 0.717) is 23.4 Å². The predicted octanol–water partition coefficient (Wildman–Crippen LogP) is 3.44. The largest absolute Gasteiger partial charge is 0.449 e. The average molecular weight is 481 g/mol. The van der Waals surface area contributed by atoms with Gasteiger partial charge in [0.05, 0.1) is 21.7 Å². The predicted molar refractivity (Wildman–Crippen MR) is 123 cm³/mol. The summed E-state index contributed by atoms with van der Waals surface area (Å²) in [4.78, 5) is 16.3. The van der Waals surface area contributed by atoms with Gasteiger partial charge in [-0.2, -0.15) is 0 Å². The third-order valence-corrected chi connectivity index (χ3v) is 7.38. The zero-order chi connectivity index (χ0) is 23.7. The van der Waals surface area contributed by atoms with Crippen LogP contribution in [0.4, 0.5) is 10.1 Å². The number of hydrazine groups is 1. The van der Waals surface area contributed by atoms with E-state index in [1.165, 1.54) is 30.5 Å². The first-order chi connectivity index (χ1) is 16.4. The summed E-state index contributed by atoms with van der Waals surface area (Å²) in [5, 5.41) is 5.20. The van der Waals surface area contributed by atoms with E-state index in [0.717, 1.165) is 24.4 Å². The summed E-state index contributed by atoms with van der Waals surface area (Å²) in [6, 6.07) is 13.4. The van der Waals surface area contributed by atoms with Gasteiger partial charge >= 0.3 is 0 Å². The lowest BCUT2D eigenvalue weighted by atomic mass is 10.2. The van der Waals surface area contributed by atoms with E-state index in [1.807, 2.05) is 0 Å². The normalized spacial score (nSPS) is 14.0. The molecule has 0 unspecified atom stereocenters. The van der Waals surface area contributed by atoms with E-state index < -0.39 is 21.6 Å². The molecule has 1 fully saturated rings. The van der Waals surface area contributed by atoms with Gasteiger partial charge in [-0.1, -0.05) is 12.1 Å². The second kappa shape index (κ2) is 8.88. The van der Waals surface area contributed by atoms with E-state index in [2.05, 4.69) is 15.7 Å². The maximum Gasteiger partial charge on any atom is 0.287 e. The van der Waals surface area contributed by atoms with Crippen molar-refractivity contribution in [2.75, 3.05) is 18.1 Å². The van der Waals surface area contributed by atoms with E-state index in [1.54, 1.807) is 35.5 Å². The summed E-state index contributed by atoms with van der Waals surface area (Å²) in [6.45, 7) is 1.59. The zero-order valence-corrected chi connectivity index (χ0v) is 18.8. The molecule has 34 heavy (non-hydrogen) atoms. The number of hydrogen-bond acceptors (Lipinski definition) is 7. The minimum Gasteiger partial charge on any atom is -0.449 e. The number of benzene rings is 2. The van der Waals surface area contributed by atoms with Crippen LogP contribution >= 0.6 is 0 Å². The number of anilines is 1. The number of carbonyl (C=O) groups excluding carboxylic acids is 1. The van der Waals surface area contributed by atoms with Crippen LogP contribution in [0.15, 0.2) is 81.2 Å². The Bertz CT molecular complexity index is 1430. The number of pyridine rings is 1. The highest BCUT2D eigenvalue weighted by molar-refractivity contribution is 7.91. The molecule has 0 spiro atoms. The molecule has 1 saturated heterocycles. The summed E-state index contributed by atoms with van der Waals surface area (Å²) < 4.78 is 46.1.